The average Bonchev–Trinajstić information content (AvgIpc) is 3.14. The molecule has 122 valence electrons. The standard InChI is InChI=1S/C16H18F2N4O/c17-16(18)10-14(20-11-16)15(23)19-8-6-12-7-9-22(21-12)13-4-2-1-3-5-13/h1-5,7,9,14,20H,6,8,10-11H2,(H,19,23). The van der Waals surface area contributed by atoms with Crippen LogP contribution < -0.4 is 10.6 Å². The molecule has 1 amide bonds. The van der Waals surface area contributed by atoms with Crippen LogP contribution in [0, 0.1) is 0 Å². The second kappa shape index (κ2) is 6.45. The maximum atomic E-state index is 13.1. The van der Waals surface area contributed by atoms with Crippen LogP contribution in [0.15, 0.2) is 42.6 Å². The van der Waals surface area contributed by atoms with Crippen LogP contribution in [0.3, 0.4) is 0 Å². The Morgan fingerprint density at radius 3 is 2.83 bits per heavy atom. The summed E-state index contributed by atoms with van der Waals surface area (Å²) in [6.07, 6.45) is 1.96. The van der Waals surface area contributed by atoms with Crippen molar-refractivity contribution in [2.24, 2.45) is 0 Å². The molecule has 1 fully saturated rings. The Labute approximate surface area is 132 Å². The third-order valence-electron chi connectivity index (χ3n) is 3.77. The maximum absolute atomic E-state index is 13.1. The normalized spacial score (nSPS) is 19.7. The minimum absolute atomic E-state index is 0.369. The lowest BCUT2D eigenvalue weighted by Gasteiger charge is -2.10. The Bertz CT molecular complexity index is 672. The molecule has 0 spiro atoms. The van der Waals surface area contributed by atoms with Gasteiger partial charge in [-0.3, -0.25) is 10.1 Å². The lowest BCUT2D eigenvalue weighted by atomic mass is 10.2. The molecule has 1 aromatic carbocycles. The van der Waals surface area contributed by atoms with Gasteiger partial charge < -0.3 is 5.32 Å². The number of hydrogen-bond acceptors (Lipinski definition) is 3. The Morgan fingerprint density at radius 1 is 1.35 bits per heavy atom. The van der Waals surface area contributed by atoms with Gasteiger partial charge in [-0.25, -0.2) is 13.5 Å². The first kappa shape index (κ1) is 15.6. The Morgan fingerprint density at radius 2 is 2.13 bits per heavy atom. The summed E-state index contributed by atoms with van der Waals surface area (Å²) in [6.45, 7) is -0.0685. The summed E-state index contributed by atoms with van der Waals surface area (Å²) in [4.78, 5) is 11.8. The first-order valence-electron chi connectivity index (χ1n) is 7.52. The molecule has 23 heavy (non-hydrogen) atoms. The molecule has 5 nitrogen and oxygen atoms in total. The van der Waals surface area contributed by atoms with E-state index in [9.17, 15) is 13.6 Å². The van der Waals surface area contributed by atoms with Crippen molar-refractivity contribution in [3.05, 3.63) is 48.3 Å². The minimum Gasteiger partial charge on any atom is -0.354 e. The molecular weight excluding hydrogens is 302 g/mol. The van der Waals surface area contributed by atoms with Crippen molar-refractivity contribution in [3.8, 4) is 5.69 Å². The van der Waals surface area contributed by atoms with Gasteiger partial charge in [-0.05, 0) is 18.2 Å². The molecule has 2 heterocycles. The minimum atomic E-state index is -2.80. The summed E-state index contributed by atoms with van der Waals surface area (Å²) < 4.78 is 27.9. The zero-order valence-corrected chi connectivity index (χ0v) is 12.5. The van der Waals surface area contributed by atoms with E-state index in [1.165, 1.54) is 0 Å². The summed E-state index contributed by atoms with van der Waals surface area (Å²) in [5.74, 6) is -3.18. The summed E-state index contributed by atoms with van der Waals surface area (Å²) >= 11 is 0. The molecule has 1 aliphatic rings. The molecule has 3 rings (SSSR count). The predicted octanol–water partition coefficient (Wildman–Crippen LogP) is 1.53. The van der Waals surface area contributed by atoms with Crippen molar-refractivity contribution in [2.45, 2.75) is 24.8 Å². The highest BCUT2D eigenvalue weighted by Crippen LogP contribution is 2.24. The van der Waals surface area contributed by atoms with E-state index < -0.39 is 24.9 Å². The lowest BCUT2D eigenvalue weighted by molar-refractivity contribution is -0.123. The number of alkyl halides is 2. The summed E-state index contributed by atoms with van der Waals surface area (Å²) in [7, 11) is 0. The van der Waals surface area contributed by atoms with Gasteiger partial charge in [-0.15, -0.1) is 0 Å². The Balaban J connectivity index is 1.48. The van der Waals surface area contributed by atoms with Crippen LogP contribution in [0.1, 0.15) is 12.1 Å². The van der Waals surface area contributed by atoms with E-state index in [1.54, 1.807) is 4.68 Å². The maximum Gasteiger partial charge on any atom is 0.262 e. The van der Waals surface area contributed by atoms with E-state index in [2.05, 4.69) is 15.7 Å². The van der Waals surface area contributed by atoms with Gasteiger partial charge in [0.25, 0.3) is 5.92 Å². The quantitative estimate of drug-likeness (QED) is 0.878. The zero-order valence-electron chi connectivity index (χ0n) is 12.5. The third kappa shape index (κ3) is 3.92. The van der Waals surface area contributed by atoms with Gasteiger partial charge >= 0.3 is 0 Å². The molecule has 1 unspecified atom stereocenters. The van der Waals surface area contributed by atoms with E-state index in [0.29, 0.717) is 13.0 Å². The van der Waals surface area contributed by atoms with Crippen molar-refractivity contribution < 1.29 is 13.6 Å². The number of halogens is 2. The first-order valence-corrected chi connectivity index (χ1v) is 7.52. The molecule has 2 N–H and O–H groups in total. The van der Waals surface area contributed by atoms with E-state index in [0.717, 1.165) is 11.4 Å². The molecule has 0 bridgehead atoms. The summed E-state index contributed by atoms with van der Waals surface area (Å²) in [5.41, 5.74) is 1.79. The van der Waals surface area contributed by atoms with Crippen LogP contribution >= 0.6 is 0 Å². The molecule has 7 heteroatoms. The van der Waals surface area contributed by atoms with Crippen molar-refractivity contribution in [1.82, 2.24) is 20.4 Å². The predicted molar refractivity (Wildman–Crippen MR) is 81.6 cm³/mol. The van der Waals surface area contributed by atoms with Gasteiger partial charge in [-0.1, -0.05) is 18.2 Å². The van der Waals surface area contributed by atoms with E-state index in [4.69, 9.17) is 0 Å². The highest BCUT2D eigenvalue weighted by molar-refractivity contribution is 5.82. The average molecular weight is 320 g/mol. The van der Waals surface area contributed by atoms with Crippen molar-refractivity contribution >= 4 is 5.91 Å². The summed E-state index contributed by atoms with van der Waals surface area (Å²) in [5, 5.41) is 9.64. The fourth-order valence-corrected chi connectivity index (χ4v) is 2.56. The fourth-order valence-electron chi connectivity index (χ4n) is 2.56. The van der Waals surface area contributed by atoms with Crippen molar-refractivity contribution in [3.63, 3.8) is 0 Å². The zero-order chi connectivity index (χ0) is 16.3. The van der Waals surface area contributed by atoms with Crippen LogP contribution in [0.4, 0.5) is 8.78 Å². The molecule has 0 radical (unpaired) electrons. The third-order valence-corrected chi connectivity index (χ3v) is 3.77. The lowest BCUT2D eigenvalue weighted by Crippen LogP contribution is -2.41. The second-order valence-corrected chi connectivity index (χ2v) is 5.62. The molecule has 1 aliphatic heterocycles. The van der Waals surface area contributed by atoms with Gasteiger partial charge in [0.2, 0.25) is 5.91 Å². The molecule has 1 atom stereocenters. The van der Waals surface area contributed by atoms with Crippen molar-refractivity contribution in [2.75, 3.05) is 13.1 Å². The van der Waals surface area contributed by atoms with Crippen LogP contribution in [0.2, 0.25) is 0 Å². The fraction of sp³-hybridized carbons (Fsp3) is 0.375. The Kier molecular flexibility index (Phi) is 4.38. The highest BCUT2D eigenvalue weighted by Gasteiger charge is 2.42. The monoisotopic (exact) mass is 320 g/mol. The Hall–Kier alpha value is -2.28. The van der Waals surface area contributed by atoms with E-state index >= 15 is 0 Å². The van der Waals surface area contributed by atoms with Gasteiger partial charge in [0.05, 0.1) is 24.0 Å². The molecular formula is C16H18F2N4O. The number of nitrogens with one attached hydrogen (secondary N) is 2. The second-order valence-electron chi connectivity index (χ2n) is 5.62. The summed E-state index contributed by atoms with van der Waals surface area (Å²) in [6, 6.07) is 10.8. The number of hydrogen-bond donors (Lipinski definition) is 2. The first-order chi connectivity index (χ1) is 11.0. The number of aromatic nitrogens is 2. The number of rotatable bonds is 5. The number of amides is 1. The number of para-hydroxylation sites is 1. The van der Waals surface area contributed by atoms with Crippen LogP contribution in [0.5, 0.6) is 0 Å². The van der Waals surface area contributed by atoms with E-state index in [1.807, 2.05) is 42.6 Å². The number of nitrogens with zero attached hydrogens (tertiary/aromatic N) is 2. The number of benzene rings is 1. The van der Waals surface area contributed by atoms with E-state index in [-0.39, 0.29) is 5.91 Å². The van der Waals surface area contributed by atoms with Crippen LogP contribution in [-0.4, -0.2) is 40.7 Å². The van der Waals surface area contributed by atoms with Gasteiger partial charge in [0.1, 0.15) is 0 Å². The van der Waals surface area contributed by atoms with Crippen LogP contribution in [0.25, 0.3) is 5.69 Å². The van der Waals surface area contributed by atoms with Gasteiger partial charge in [0, 0.05) is 25.6 Å². The SMILES string of the molecule is O=C(NCCc1ccn(-c2ccccc2)n1)C1CC(F)(F)CN1. The number of carbonyl (C=O) groups excluding carboxylic acids is 1. The molecule has 1 saturated heterocycles. The number of carbonyl (C=O) groups is 1. The molecule has 2 aromatic rings. The topological polar surface area (TPSA) is 59.0 Å². The van der Waals surface area contributed by atoms with Gasteiger partial charge in [-0.2, -0.15) is 5.10 Å². The molecule has 0 aliphatic carbocycles. The highest BCUT2D eigenvalue weighted by atomic mass is 19.3. The molecule has 0 saturated carbocycles. The van der Waals surface area contributed by atoms with Gasteiger partial charge in [0.15, 0.2) is 0 Å². The largest absolute Gasteiger partial charge is 0.354 e. The molecule has 1 aromatic heterocycles. The van der Waals surface area contributed by atoms with Crippen LogP contribution in [-0.2, 0) is 11.2 Å². The smallest absolute Gasteiger partial charge is 0.262 e. The van der Waals surface area contributed by atoms with Crippen molar-refractivity contribution in [1.29, 1.82) is 0 Å².